The summed E-state index contributed by atoms with van der Waals surface area (Å²) in [6.45, 7) is 1.54. The summed E-state index contributed by atoms with van der Waals surface area (Å²) in [6.07, 6.45) is 1.59. The summed E-state index contributed by atoms with van der Waals surface area (Å²) in [4.78, 5) is 12.0. The molecule has 3 nitrogen and oxygen atoms in total. The van der Waals surface area contributed by atoms with Crippen LogP contribution in [0.25, 0.3) is 0 Å². The highest BCUT2D eigenvalue weighted by molar-refractivity contribution is 8.03. The van der Waals surface area contributed by atoms with Crippen molar-refractivity contribution in [2.24, 2.45) is 0 Å². The lowest BCUT2D eigenvalue weighted by Crippen LogP contribution is -1.92. The van der Waals surface area contributed by atoms with Crippen LogP contribution in [-0.4, -0.2) is 12.9 Å². The number of allylic oxidation sites excluding steroid dienone is 1. The Kier molecular flexibility index (Phi) is 2.68. The van der Waals surface area contributed by atoms with Gasteiger partial charge in [-0.2, -0.15) is 0 Å². The van der Waals surface area contributed by atoms with E-state index >= 15 is 0 Å². The minimum atomic E-state index is 0.0461. The molecule has 0 aromatic heterocycles. The number of nitrogens with one attached hydrogen (secondary N) is 1. The highest BCUT2D eigenvalue weighted by Gasteiger charge is 2.16. The third kappa shape index (κ3) is 2.15. The number of carbonyl (C=O) groups excluding carboxylic acids is 1. The van der Waals surface area contributed by atoms with Crippen LogP contribution in [0.15, 0.2) is 34.2 Å². The molecule has 0 fully saturated rings. The van der Waals surface area contributed by atoms with Gasteiger partial charge in [0, 0.05) is 11.0 Å². The van der Waals surface area contributed by atoms with Gasteiger partial charge in [0.2, 0.25) is 0 Å². The average Bonchev–Trinajstić information content (AvgIpc) is 2.57. The normalized spacial score (nSPS) is 16.0. The van der Waals surface area contributed by atoms with Gasteiger partial charge in [-0.15, -0.1) is 0 Å². The van der Waals surface area contributed by atoms with Crippen LogP contribution in [0, 0.1) is 0 Å². The second kappa shape index (κ2) is 3.98. The van der Waals surface area contributed by atoms with Crippen LogP contribution in [0.5, 0.6) is 5.75 Å². The van der Waals surface area contributed by atoms with Crippen molar-refractivity contribution < 1.29 is 9.53 Å². The maximum Gasteiger partial charge on any atom is 0.155 e. The first-order valence-electron chi connectivity index (χ1n) is 4.54. The minimum absolute atomic E-state index is 0.0461. The molecule has 1 aliphatic rings. The van der Waals surface area contributed by atoms with E-state index < -0.39 is 0 Å². The molecule has 1 heterocycles. The summed E-state index contributed by atoms with van der Waals surface area (Å²) in [6, 6.07) is 5.79. The SMILES string of the molecule is COc1ccc2c(c1)S/C(=C\C(C)=O)N2. The van der Waals surface area contributed by atoms with Gasteiger partial charge in [0.15, 0.2) is 5.78 Å². The molecule has 0 saturated heterocycles. The largest absolute Gasteiger partial charge is 0.497 e. The lowest BCUT2D eigenvalue weighted by Gasteiger charge is -2.01. The van der Waals surface area contributed by atoms with E-state index in [9.17, 15) is 4.79 Å². The molecule has 1 aromatic rings. The Morgan fingerprint density at radius 3 is 3.00 bits per heavy atom. The number of thioether (sulfide) groups is 1. The maximum atomic E-state index is 10.9. The lowest BCUT2D eigenvalue weighted by molar-refractivity contribution is -0.112. The molecule has 4 heteroatoms. The second-order valence-corrected chi connectivity index (χ2v) is 4.29. The molecular weight excluding hydrogens is 210 g/mol. The predicted molar refractivity (Wildman–Crippen MR) is 61.2 cm³/mol. The van der Waals surface area contributed by atoms with E-state index in [0.29, 0.717) is 0 Å². The molecule has 1 N–H and O–H groups in total. The number of hydrogen-bond donors (Lipinski definition) is 1. The van der Waals surface area contributed by atoms with Crippen LogP contribution in [0.3, 0.4) is 0 Å². The Balaban J connectivity index is 2.27. The molecule has 15 heavy (non-hydrogen) atoms. The first-order valence-corrected chi connectivity index (χ1v) is 5.36. The summed E-state index contributed by atoms with van der Waals surface area (Å²) in [5, 5.41) is 4.03. The fraction of sp³-hybridized carbons (Fsp3) is 0.182. The number of rotatable bonds is 2. The molecule has 1 aliphatic heterocycles. The molecule has 0 bridgehead atoms. The first-order chi connectivity index (χ1) is 7.19. The number of methoxy groups -OCH3 is 1. The van der Waals surface area contributed by atoms with E-state index in [2.05, 4.69) is 5.32 Å². The van der Waals surface area contributed by atoms with Crippen molar-refractivity contribution in [3.05, 3.63) is 29.3 Å². The fourth-order valence-electron chi connectivity index (χ4n) is 1.34. The topological polar surface area (TPSA) is 38.3 Å². The van der Waals surface area contributed by atoms with Gasteiger partial charge in [0.05, 0.1) is 17.8 Å². The Labute approximate surface area is 92.5 Å². The molecule has 1 aromatic carbocycles. The Morgan fingerprint density at radius 2 is 2.33 bits per heavy atom. The number of ether oxygens (including phenoxy) is 1. The number of carbonyl (C=O) groups is 1. The van der Waals surface area contributed by atoms with Crippen molar-refractivity contribution in [1.29, 1.82) is 0 Å². The van der Waals surface area contributed by atoms with Crippen molar-refractivity contribution in [3.8, 4) is 5.75 Å². The molecule has 2 rings (SSSR count). The third-order valence-corrected chi connectivity index (χ3v) is 3.00. The predicted octanol–water partition coefficient (Wildman–Crippen LogP) is 2.64. The van der Waals surface area contributed by atoms with Crippen LogP contribution in [-0.2, 0) is 4.79 Å². The molecule has 0 amide bonds. The zero-order chi connectivity index (χ0) is 10.8. The standard InChI is InChI=1S/C11H11NO2S/c1-7(13)5-11-12-9-4-3-8(14-2)6-10(9)15-11/h3-6,12H,1-2H3/b11-5-. The van der Waals surface area contributed by atoms with Crippen molar-refractivity contribution in [3.63, 3.8) is 0 Å². The molecule has 0 unspecified atom stereocenters. The van der Waals surface area contributed by atoms with Crippen LogP contribution in [0.2, 0.25) is 0 Å². The number of benzene rings is 1. The van der Waals surface area contributed by atoms with Gasteiger partial charge in [-0.1, -0.05) is 11.8 Å². The minimum Gasteiger partial charge on any atom is -0.497 e. The van der Waals surface area contributed by atoms with Gasteiger partial charge < -0.3 is 10.1 Å². The maximum absolute atomic E-state index is 10.9. The first kappa shape index (κ1) is 10.1. The number of hydrogen-bond acceptors (Lipinski definition) is 4. The van der Waals surface area contributed by atoms with E-state index in [-0.39, 0.29) is 5.78 Å². The van der Waals surface area contributed by atoms with Crippen LogP contribution in [0.4, 0.5) is 5.69 Å². The van der Waals surface area contributed by atoms with E-state index in [1.54, 1.807) is 31.9 Å². The Hall–Kier alpha value is -1.42. The van der Waals surface area contributed by atoms with E-state index in [4.69, 9.17) is 4.74 Å². The van der Waals surface area contributed by atoms with Crippen molar-refractivity contribution >= 4 is 23.2 Å². The zero-order valence-corrected chi connectivity index (χ0v) is 9.35. The summed E-state index contributed by atoms with van der Waals surface area (Å²) < 4.78 is 5.13. The summed E-state index contributed by atoms with van der Waals surface area (Å²) >= 11 is 1.54. The molecular formula is C11H11NO2S. The summed E-state index contributed by atoms with van der Waals surface area (Å²) in [5.74, 6) is 0.872. The average molecular weight is 221 g/mol. The van der Waals surface area contributed by atoms with Gasteiger partial charge in [-0.25, -0.2) is 0 Å². The molecule has 0 spiro atoms. The second-order valence-electron chi connectivity index (χ2n) is 3.21. The lowest BCUT2D eigenvalue weighted by atomic mass is 10.3. The van der Waals surface area contributed by atoms with Gasteiger partial charge >= 0.3 is 0 Å². The molecule has 0 atom stereocenters. The van der Waals surface area contributed by atoms with Crippen LogP contribution in [0.1, 0.15) is 6.92 Å². The summed E-state index contributed by atoms with van der Waals surface area (Å²) in [7, 11) is 1.64. The van der Waals surface area contributed by atoms with Crippen molar-refractivity contribution in [2.45, 2.75) is 11.8 Å². The number of anilines is 1. The zero-order valence-electron chi connectivity index (χ0n) is 8.53. The van der Waals surface area contributed by atoms with Crippen LogP contribution < -0.4 is 10.1 Å². The third-order valence-electron chi connectivity index (χ3n) is 2.00. The van der Waals surface area contributed by atoms with Gasteiger partial charge in [-0.05, 0) is 25.1 Å². The monoisotopic (exact) mass is 221 g/mol. The van der Waals surface area contributed by atoms with Gasteiger partial charge in [0.1, 0.15) is 5.75 Å². The highest BCUT2D eigenvalue weighted by Crippen LogP contribution is 2.42. The van der Waals surface area contributed by atoms with Crippen LogP contribution >= 0.6 is 11.8 Å². The van der Waals surface area contributed by atoms with Gasteiger partial charge in [-0.3, -0.25) is 4.79 Å². The molecule has 0 saturated carbocycles. The van der Waals surface area contributed by atoms with E-state index in [1.165, 1.54) is 0 Å². The fourth-order valence-corrected chi connectivity index (χ4v) is 2.37. The quantitative estimate of drug-likeness (QED) is 0.779. The Bertz CT molecular complexity index is 440. The molecule has 0 aliphatic carbocycles. The Morgan fingerprint density at radius 1 is 1.53 bits per heavy atom. The van der Waals surface area contributed by atoms with E-state index in [1.807, 2.05) is 18.2 Å². The van der Waals surface area contributed by atoms with E-state index in [0.717, 1.165) is 21.4 Å². The number of fused-ring (bicyclic) bond motifs is 1. The van der Waals surface area contributed by atoms with Crippen molar-refractivity contribution in [1.82, 2.24) is 0 Å². The number of ketones is 1. The molecule has 0 radical (unpaired) electrons. The highest BCUT2D eigenvalue weighted by atomic mass is 32.2. The van der Waals surface area contributed by atoms with Crippen molar-refractivity contribution in [2.75, 3.05) is 12.4 Å². The smallest absolute Gasteiger partial charge is 0.155 e. The van der Waals surface area contributed by atoms with Gasteiger partial charge in [0.25, 0.3) is 0 Å². The molecule has 78 valence electrons. The summed E-state index contributed by atoms with van der Waals surface area (Å²) in [5.41, 5.74) is 1.02.